The van der Waals surface area contributed by atoms with Gasteiger partial charge in [0.25, 0.3) is 0 Å². The number of ether oxygens (including phenoxy) is 1. The van der Waals surface area contributed by atoms with E-state index in [-0.39, 0.29) is 11.9 Å². The number of amides is 1. The molecule has 6 heteroatoms. The molecule has 128 valence electrons. The number of aryl methyl sites for hydroxylation is 1. The number of hydrogen-bond acceptors (Lipinski definition) is 4. The Morgan fingerprint density at radius 3 is 2.75 bits per heavy atom. The molecule has 0 bridgehead atoms. The molecule has 1 fully saturated rings. The zero-order chi connectivity index (χ0) is 17.1. The van der Waals surface area contributed by atoms with Crippen molar-refractivity contribution in [2.45, 2.75) is 26.4 Å². The number of methoxy groups -OCH3 is 1. The SMILES string of the molecule is COc1ccccc1N1CCN(C(=O)Cn2nccc2C)[C@H](C)C1. The van der Waals surface area contributed by atoms with Crippen molar-refractivity contribution in [3.63, 3.8) is 0 Å². The van der Waals surface area contributed by atoms with Crippen LogP contribution in [0.2, 0.25) is 0 Å². The van der Waals surface area contributed by atoms with E-state index in [0.29, 0.717) is 13.1 Å². The molecular weight excluding hydrogens is 304 g/mol. The van der Waals surface area contributed by atoms with Crippen molar-refractivity contribution < 1.29 is 9.53 Å². The third-order valence-corrected chi connectivity index (χ3v) is 4.59. The van der Waals surface area contributed by atoms with Crippen molar-refractivity contribution in [3.05, 3.63) is 42.2 Å². The van der Waals surface area contributed by atoms with Gasteiger partial charge in [-0.15, -0.1) is 0 Å². The van der Waals surface area contributed by atoms with E-state index in [2.05, 4.69) is 23.0 Å². The van der Waals surface area contributed by atoms with Crippen LogP contribution in [-0.4, -0.2) is 53.4 Å². The van der Waals surface area contributed by atoms with E-state index in [0.717, 1.165) is 30.2 Å². The maximum Gasteiger partial charge on any atom is 0.244 e. The molecule has 0 aliphatic carbocycles. The average Bonchev–Trinajstić information content (AvgIpc) is 2.99. The van der Waals surface area contributed by atoms with Gasteiger partial charge in [-0.2, -0.15) is 5.10 Å². The Morgan fingerprint density at radius 1 is 1.29 bits per heavy atom. The van der Waals surface area contributed by atoms with Gasteiger partial charge in [0.2, 0.25) is 5.91 Å². The Bertz CT molecular complexity index is 713. The number of hydrogen-bond donors (Lipinski definition) is 0. The summed E-state index contributed by atoms with van der Waals surface area (Å²) in [5.74, 6) is 0.991. The summed E-state index contributed by atoms with van der Waals surface area (Å²) in [7, 11) is 1.69. The van der Waals surface area contributed by atoms with E-state index in [4.69, 9.17) is 4.74 Å². The Labute approximate surface area is 142 Å². The first-order valence-electron chi connectivity index (χ1n) is 8.26. The molecule has 2 heterocycles. The monoisotopic (exact) mass is 328 g/mol. The lowest BCUT2D eigenvalue weighted by Gasteiger charge is -2.41. The summed E-state index contributed by atoms with van der Waals surface area (Å²) >= 11 is 0. The number of aromatic nitrogens is 2. The number of carbonyl (C=O) groups is 1. The largest absolute Gasteiger partial charge is 0.495 e. The third kappa shape index (κ3) is 3.22. The Kier molecular flexibility index (Phi) is 4.74. The molecule has 1 aromatic heterocycles. The first kappa shape index (κ1) is 16.4. The number of carbonyl (C=O) groups excluding carboxylic acids is 1. The van der Waals surface area contributed by atoms with Crippen LogP contribution in [0.1, 0.15) is 12.6 Å². The summed E-state index contributed by atoms with van der Waals surface area (Å²) in [6.45, 7) is 6.66. The van der Waals surface area contributed by atoms with Crippen molar-refractivity contribution >= 4 is 11.6 Å². The lowest BCUT2D eigenvalue weighted by Crippen LogP contribution is -2.55. The van der Waals surface area contributed by atoms with Crippen molar-refractivity contribution in [2.24, 2.45) is 0 Å². The van der Waals surface area contributed by atoms with Crippen molar-refractivity contribution in [1.29, 1.82) is 0 Å². The number of benzene rings is 1. The van der Waals surface area contributed by atoms with Gasteiger partial charge < -0.3 is 14.5 Å². The van der Waals surface area contributed by atoms with Crippen LogP contribution in [0.15, 0.2) is 36.5 Å². The maximum absolute atomic E-state index is 12.6. The Balaban J connectivity index is 1.67. The van der Waals surface area contributed by atoms with Gasteiger partial charge >= 0.3 is 0 Å². The molecule has 1 saturated heterocycles. The topological polar surface area (TPSA) is 50.6 Å². The van der Waals surface area contributed by atoms with E-state index >= 15 is 0 Å². The predicted octanol–water partition coefficient (Wildman–Crippen LogP) is 1.94. The minimum Gasteiger partial charge on any atom is -0.495 e. The highest BCUT2D eigenvalue weighted by Gasteiger charge is 2.28. The van der Waals surface area contributed by atoms with Gasteiger partial charge in [-0.05, 0) is 32.0 Å². The molecule has 0 saturated carbocycles. The minimum absolute atomic E-state index is 0.119. The summed E-state index contributed by atoms with van der Waals surface area (Å²) < 4.78 is 7.21. The number of rotatable bonds is 4. The van der Waals surface area contributed by atoms with Crippen LogP contribution in [0, 0.1) is 6.92 Å². The van der Waals surface area contributed by atoms with Gasteiger partial charge in [-0.3, -0.25) is 9.48 Å². The van der Waals surface area contributed by atoms with Crippen LogP contribution in [0.3, 0.4) is 0 Å². The molecule has 0 radical (unpaired) electrons. The second-order valence-corrected chi connectivity index (χ2v) is 6.18. The van der Waals surface area contributed by atoms with Gasteiger partial charge in [0.1, 0.15) is 12.3 Å². The first-order chi connectivity index (χ1) is 11.6. The Hall–Kier alpha value is -2.50. The molecule has 1 aliphatic rings. The normalized spacial score (nSPS) is 17.9. The number of para-hydroxylation sites is 2. The van der Waals surface area contributed by atoms with Crippen LogP contribution in [0.25, 0.3) is 0 Å². The summed E-state index contributed by atoms with van der Waals surface area (Å²) in [5.41, 5.74) is 2.09. The molecule has 2 aromatic rings. The van der Waals surface area contributed by atoms with Gasteiger partial charge in [0.15, 0.2) is 0 Å². The van der Waals surface area contributed by atoms with Gasteiger partial charge in [-0.25, -0.2) is 0 Å². The molecule has 24 heavy (non-hydrogen) atoms. The van der Waals surface area contributed by atoms with Crippen LogP contribution in [0.5, 0.6) is 5.75 Å². The molecule has 1 aromatic carbocycles. The number of anilines is 1. The second kappa shape index (κ2) is 6.95. The van der Waals surface area contributed by atoms with Crippen molar-refractivity contribution in [1.82, 2.24) is 14.7 Å². The molecule has 0 N–H and O–H groups in total. The summed E-state index contributed by atoms with van der Waals surface area (Å²) in [6, 6.07) is 10.1. The zero-order valence-electron chi connectivity index (χ0n) is 14.5. The van der Waals surface area contributed by atoms with Crippen LogP contribution in [-0.2, 0) is 11.3 Å². The summed E-state index contributed by atoms with van der Waals surface area (Å²) in [6.07, 6.45) is 1.73. The molecule has 1 atom stereocenters. The minimum atomic E-state index is 0.119. The van der Waals surface area contributed by atoms with E-state index in [1.165, 1.54) is 0 Å². The quantitative estimate of drug-likeness (QED) is 0.861. The highest BCUT2D eigenvalue weighted by Crippen LogP contribution is 2.29. The smallest absolute Gasteiger partial charge is 0.244 e. The van der Waals surface area contributed by atoms with E-state index < -0.39 is 0 Å². The van der Waals surface area contributed by atoms with Gasteiger partial charge in [0, 0.05) is 37.6 Å². The molecule has 0 unspecified atom stereocenters. The molecule has 6 nitrogen and oxygen atoms in total. The summed E-state index contributed by atoms with van der Waals surface area (Å²) in [4.78, 5) is 16.9. The van der Waals surface area contributed by atoms with Crippen molar-refractivity contribution in [3.8, 4) is 5.75 Å². The highest BCUT2D eigenvalue weighted by molar-refractivity contribution is 5.77. The van der Waals surface area contributed by atoms with Crippen LogP contribution in [0.4, 0.5) is 5.69 Å². The molecule has 1 amide bonds. The van der Waals surface area contributed by atoms with Gasteiger partial charge in [0.05, 0.1) is 12.8 Å². The lowest BCUT2D eigenvalue weighted by atomic mass is 10.1. The van der Waals surface area contributed by atoms with Crippen LogP contribution >= 0.6 is 0 Å². The first-order valence-corrected chi connectivity index (χ1v) is 8.26. The standard InChI is InChI=1S/C18H24N4O2/c1-14-8-9-19-22(14)13-18(23)21-11-10-20(12-15(21)2)16-6-4-5-7-17(16)24-3/h4-9,15H,10-13H2,1-3H3/t15-/m1/s1. The fraction of sp³-hybridized carbons (Fsp3) is 0.444. The van der Waals surface area contributed by atoms with E-state index in [9.17, 15) is 4.79 Å². The maximum atomic E-state index is 12.6. The van der Waals surface area contributed by atoms with Crippen LogP contribution < -0.4 is 9.64 Å². The average molecular weight is 328 g/mol. The van der Waals surface area contributed by atoms with Gasteiger partial charge in [-0.1, -0.05) is 12.1 Å². The third-order valence-electron chi connectivity index (χ3n) is 4.59. The zero-order valence-corrected chi connectivity index (χ0v) is 14.5. The molecule has 3 rings (SSSR count). The number of nitrogens with zero attached hydrogens (tertiary/aromatic N) is 4. The molecule has 0 spiro atoms. The predicted molar refractivity (Wildman–Crippen MR) is 93.3 cm³/mol. The fourth-order valence-corrected chi connectivity index (χ4v) is 3.22. The van der Waals surface area contributed by atoms with Crippen molar-refractivity contribution in [2.75, 3.05) is 31.6 Å². The summed E-state index contributed by atoms with van der Waals surface area (Å²) in [5, 5.41) is 4.20. The number of piperazine rings is 1. The lowest BCUT2D eigenvalue weighted by molar-refractivity contribution is -0.134. The molecular formula is C18H24N4O2. The van der Waals surface area contributed by atoms with E-state index in [1.54, 1.807) is 18.0 Å². The molecule has 1 aliphatic heterocycles. The Morgan fingerprint density at radius 2 is 2.08 bits per heavy atom. The van der Waals surface area contributed by atoms with E-state index in [1.807, 2.05) is 36.1 Å². The second-order valence-electron chi connectivity index (χ2n) is 6.18. The highest BCUT2D eigenvalue weighted by atomic mass is 16.5. The fourth-order valence-electron chi connectivity index (χ4n) is 3.22.